The van der Waals surface area contributed by atoms with E-state index in [0.717, 1.165) is 41.2 Å². The van der Waals surface area contributed by atoms with E-state index in [2.05, 4.69) is 36.1 Å². The van der Waals surface area contributed by atoms with Gasteiger partial charge in [0.1, 0.15) is 30.4 Å². The van der Waals surface area contributed by atoms with Crippen molar-refractivity contribution in [2.75, 3.05) is 50.7 Å². The zero-order valence-electron chi connectivity index (χ0n) is 36.8. The first-order valence-corrected chi connectivity index (χ1v) is 21.8. The third kappa shape index (κ3) is 11.8. The van der Waals surface area contributed by atoms with Crippen molar-refractivity contribution < 1.29 is 38.2 Å². The van der Waals surface area contributed by atoms with E-state index in [1.807, 2.05) is 54.9 Å². The molecule has 1 saturated heterocycles. The van der Waals surface area contributed by atoms with E-state index in [-0.39, 0.29) is 55.7 Å². The SMILES string of the molecule is C[C@@H](NC(=O)c1cccc(NCc2nnc(-c3ccncn3)n2C)c1)c1cccc(OCCCCCOCCCOCC(=O)Nc2cccc3c2CN(C2CCC(=O)N(C)C2=O)C3=O)c1. The number of imide groups is 1. The monoisotopic (exact) mass is 886 g/mol. The second-order valence-corrected chi connectivity index (χ2v) is 15.9. The molecule has 2 aromatic heterocycles. The highest BCUT2D eigenvalue weighted by Gasteiger charge is 2.42. The third-order valence-electron chi connectivity index (χ3n) is 11.3. The van der Waals surface area contributed by atoms with E-state index in [9.17, 15) is 24.0 Å². The van der Waals surface area contributed by atoms with Crippen LogP contribution in [0.5, 0.6) is 5.75 Å². The van der Waals surface area contributed by atoms with Gasteiger partial charge < -0.3 is 39.6 Å². The molecule has 0 spiro atoms. The molecule has 7 rings (SSSR count). The summed E-state index contributed by atoms with van der Waals surface area (Å²) in [5.74, 6) is 0.596. The average Bonchev–Trinajstić information content (AvgIpc) is 3.86. The van der Waals surface area contributed by atoms with E-state index in [1.165, 1.54) is 18.3 Å². The molecule has 3 aromatic carbocycles. The Bertz CT molecular complexity index is 2480. The molecular weight excluding hydrogens is 833 g/mol. The van der Waals surface area contributed by atoms with Gasteiger partial charge in [-0.05, 0) is 93.1 Å². The summed E-state index contributed by atoms with van der Waals surface area (Å²) >= 11 is 0. The Morgan fingerprint density at radius 2 is 1.68 bits per heavy atom. The quantitative estimate of drug-likeness (QED) is 0.0612. The van der Waals surface area contributed by atoms with Crippen LogP contribution in [0.25, 0.3) is 11.5 Å². The van der Waals surface area contributed by atoms with Crippen LogP contribution in [0.3, 0.4) is 0 Å². The number of nitrogens with zero attached hydrogens (tertiary/aromatic N) is 7. The molecule has 2 aliphatic rings. The van der Waals surface area contributed by atoms with Crippen molar-refractivity contribution in [3.05, 3.63) is 113 Å². The van der Waals surface area contributed by atoms with E-state index < -0.39 is 11.9 Å². The molecule has 0 bridgehead atoms. The predicted octanol–water partition coefficient (Wildman–Crippen LogP) is 5.09. The number of ether oxygens (including phenoxy) is 3. The fourth-order valence-corrected chi connectivity index (χ4v) is 7.65. The molecule has 2 atom stereocenters. The van der Waals surface area contributed by atoms with Gasteiger partial charge in [0, 0.05) is 81.1 Å². The van der Waals surface area contributed by atoms with Gasteiger partial charge in [0.15, 0.2) is 11.6 Å². The first kappa shape index (κ1) is 46.0. The highest BCUT2D eigenvalue weighted by Crippen LogP contribution is 2.33. The Balaban J connectivity index is 0.733. The Morgan fingerprint density at radius 3 is 2.52 bits per heavy atom. The summed E-state index contributed by atoms with van der Waals surface area (Å²) in [6, 6.07) is 20.9. The maximum atomic E-state index is 13.3. The molecule has 0 radical (unpaired) electrons. The molecule has 4 heterocycles. The number of unbranched alkanes of at least 4 members (excludes halogenated alkanes) is 2. The number of carbonyl (C=O) groups excluding carboxylic acids is 5. The number of hydrogen-bond donors (Lipinski definition) is 3. The fourth-order valence-electron chi connectivity index (χ4n) is 7.65. The van der Waals surface area contributed by atoms with Crippen LogP contribution in [0.1, 0.15) is 89.2 Å². The van der Waals surface area contributed by atoms with Crippen molar-refractivity contribution in [3.63, 3.8) is 0 Å². The van der Waals surface area contributed by atoms with Crippen molar-refractivity contribution in [2.24, 2.45) is 7.05 Å². The molecule has 18 nitrogen and oxygen atoms in total. The number of likely N-dealkylation sites (tertiary alicyclic amines) is 1. The van der Waals surface area contributed by atoms with E-state index in [4.69, 9.17) is 14.2 Å². The highest BCUT2D eigenvalue weighted by molar-refractivity contribution is 6.06. The van der Waals surface area contributed by atoms with Crippen molar-refractivity contribution in [3.8, 4) is 17.3 Å². The van der Waals surface area contributed by atoms with Crippen molar-refractivity contribution in [1.29, 1.82) is 0 Å². The maximum absolute atomic E-state index is 13.3. The van der Waals surface area contributed by atoms with Gasteiger partial charge in [0.05, 0.1) is 19.2 Å². The lowest BCUT2D eigenvalue weighted by molar-refractivity contribution is -0.150. The molecule has 1 fully saturated rings. The number of amides is 5. The summed E-state index contributed by atoms with van der Waals surface area (Å²) < 4.78 is 19.2. The Kier molecular flexibility index (Phi) is 15.6. The number of carbonyl (C=O) groups is 5. The number of piperidine rings is 1. The Morgan fingerprint density at radius 1 is 0.877 bits per heavy atom. The smallest absolute Gasteiger partial charge is 0.255 e. The topological polar surface area (TPSA) is 212 Å². The minimum atomic E-state index is -0.716. The third-order valence-corrected chi connectivity index (χ3v) is 11.3. The van der Waals surface area contributed by atoms with Crippen molar-refractivity contribution in [1.82, 2.24) is 39.8 Å². The van der Waals surface area contributed by atoms with Crippen molar-refractivity contribution in [2.45, 2.75) is 70.6 Å². The summed E-state index contributed by atoms with van der Waals surface area (Å²) in [6.45, 7) is 4.37. The molecule has 5 amide bonds. The van der Waals surface area contributed by atoms with Gasteiger partial charge in [-0.3, -0.25) is 28.9 Å². The zero-order chi connectivity index (χ0) is 45.7. The lowest BCUT2D eigenvalue weighted by Crippen LogP contribution is -2.53. The highest BCUT2D eigenvalue weighted by atomic mass is 16.5. The summed E-state index contributed by atoms with van der Waals surface area (Å²) in [5, 5.41) is 17.8. The Hall–Kier alpha value is -7.05. The van der Waals surface area contributed by atoms with Gasteiger partial charge in [-0.15, -0.1) is 10.2 Å². The van der Waals surface area contributed by atoms with Crippen LogP contribution >= 0.6 is 0 Å². The summed E-state index contributed by atoms with van der Waals surface area (Å²) in [6.07, 6.45) is 6.89. The minimum Gasteiger partial charge on any atom is -0.494 e. The molecule has 65 heavy (non-hydrogen) atoms. The van der Waals surface area contributed by atoms with Crippen molar-refractivity contribution >= 4 is 40.9 Å². The molecule has 2 aliphatic heterocycles. The van der Waals surface area contributed by atoms with E-state index in [0.29, 0.717) is 79.1 Å². The lowest BCUT2D eigenvalue weighted by atomic mass is 10.0. The number of nitrogens with one attached hydrogen (secondary N) is 3. The molecule has 340 valence electrons. The van der Waals surface area contributed by atoms with Crippen LogP contribution < -0.4 is 20.7 Å². The maximum Gasteiger partial charge on any atom is 0.255 e. The van der Waals surface area contributed by atoms with Crippen LogP contribution in [0.15, 0.2) is 85.3 Å². The molecule has 1 unspecified atom stereocenters. The van der Waals surface area contributed by atoms with E-state index >= 15 is 0 Å². The molecule has 0 aliphatic carbocycles. The predicted molar refractivity (Wildman–Crippen MR) is 239 cm³/mol. The molecule has 0 saturated carbocycles. The van der Waals surface area contributed by atoms with E-state index in [1.54, 1.807) is 42.6 Å². The number of aromatic nitrogens is 5. The number of benzene rings is 3. The molecule has 18 heteroatoms. The Labute approximate surface area is 377 Å². The molecular formula is C47H54N10O8. The second-order valence-electron chi connectivity index (χ2n) is 15.9. The van der Waals surface area contributed by atoms with Gasteiger partial charge in [-0.1, -0.05) is 24.3 Å². The average molecular weight is 887 g/mol. The summed E-state index contributed by atoms with van der Waals surface area (Å²) in [5.41, 5.74) is 4.48. The van der Waals surface area contributed by atoms with Crippen LogP contribution in [-0.4, -0.2) is 110 Å². The molecule has 3 N–H and O–H groups in total. The van der Waals surface area contributed by atoms with Gasteiger partial charge in [-0.25, -0.2) is 9.97 Å². The standard InChI is InChI=1S/C47H54N10O8/c1-31(51-45(60)33-12-7-13-34(25-33)49-27-41-53-54-44(55(41)2)39-19-20-48-30-50-39)32-11-8-14-35(26-32)65-24-6-4-5-21-63-22-10-23-64-29-42(58)52-38-16-9-15-36-37(38)28-57(46(36)61)40-17-18-43(59)56(3)47(40)62/h7-9,11-16,19-20,25-26,30-31,40,49H,4-6,10,17-18,21-24,27-29H2,1-3H3,(H,51,60)(H,52,58)/t31-,40?/m1/s1. The summed E-state index contributed by atoms with van der Waals surface area (Å²) in [7, 11) is 3.31. The number of hydrogen-bond acceptors (Lipinski definition) is 13. The normalized spacial score (nSPS) is 15.2. The van der Waals surface area contributed by atoms with Crippen LogP contribution in [-0.2, 0) is 44.0 Å². The van der Waals surface area contributed by atoms with Gasteiger partial charge in [-0.2, -0.15) is 0 Å². The van der Waals surface area contributed by atoms with Gasteiger partial charge >= 0.3 is 0 Å². The fraction of sp³-hybridized carbons (Fsp3) is 0.383. The van der Waals surface area contributed by atoms with Gasteiger partial charge in [0.2, 0.25) is 11.8 Å². The van der Waals surface area contributed by atoms with Crippen LogP contribution in [0.2, 0.25) is 0 Å². The summed E-state index contributed by atoms with van der Waals surface area (Å²) in [4.78, 5) is 74.5. The van der Waals surface area contributed by atoms with Crippen LogP contribution in [0, 0.1) is 0 Å². The largest absolute Gasteiger partial charge is 0.494 e. The van der Waals surface area contributed by atoms with Gasteiger partial charge in [0.25, 0.3) is 17.7 Å². The number of rotatable bonds is 22. The molecule has 5 aromatic rings. The number of likely N-dealkylation sites (N-methyl/N-ethyl adjacent to an activating group) is 1. The second kappa shape index (κ2) is 22.0. The number of anilines is 2. The van der Waals surface area contributed by atoms with Crippen LogP contribution in [0.4, 0.5) is 11.4 Å². The lowest BCUT2D eigenvalue weighted by Gasteiger charge is -2.33. The first-order valence-electron chi connectivity index (χ1n) is 21.8. The minimum absolute atomic E-state index is 0.153. The number of fused-ring (bicyclic) bond motifs is 1. The zero-order valence-corrected chi connectivity index (χ0v) is 36.8. The first-order chi connectivity index (χ1) is 31.6.